The van der Waals surface area contributed by atoms with E-state index in [0.29, 0.717) is 30.9 Å². The van der Waals surface area contributed by atoms with Gasteiger partial charge in [0.05, 0.1) is 30.9 Å². The van der Waals surface area contributed by atoms with Gasteiger partial charge in [-0.15, -0.1) is 0 Å². The molecule has 1 aromatic rings. The number of fused-ring (bicyclic) bond motifs is 2. The molecule has 2 bridgehead atoms. The van der Waals surface area contributed by atoms with Crippen LogP contribution in [0.3, 0.4) is 0 Å². The quantitative estimate of drug-likeness (QED) is 0.605. The van der Waals surface area contributed by atoms with Gasteiger partial charge in [-0.2, -0.15) is 0 Å². The number of benzene rings is 1. The lowest BCUT2D eigenvalue weighted by atomic mass is 9.96. The molecule has 3 unspecified atom stereocenters. The molecular weight excluding hydrogens is 326 g/mol. The Kier molecular flexibility index (Phi) is 5.63. The minimum atomic E-state index is 0.349. The molecule has 26 heavy (non-hydrogen) atoms. The highest BCUT2D eigenvalue weighted by Gasteiger charge is 2.41. The van der Waals surface area contributed by atoms with Crippen LogP contribution in [0.4, 0.5) is 0 Å². The summed E-state index contributed by atoms with van der Waals surface area (Å²) in [5, 5.41) is 6.96. The van der Waals surface area contributed by atoms with Gasteiger partial charge >= 0.3 is 0 Å². The molecule has 2 saturated heterocycles. The van der Waals surface area contributed by atoms with Crippen molar-refractivity contribution in [3.63, 3.8) is 0 Å². The largest absolute Gasteiger partial charge is 0.490 e. The van der Waals surface area contributed by atoms with Crippen molar-refractivity contribution in [3.05, 3.63) is 29.8 Å². The summed E-state index contributed by atoms with van der Waals surface area (Å²) in [5.41, 5.74) is 1.15. The topological polar surface area (TPSA) is 54.9 Å². The summed E-state index contributed by atoms with van der Waals surface area (Å²) in [6, 6.07) is 8.70. The Morgan fingerprint density at radius 2 is 2.04 bits per heavy atom. The monoisotopic (exact) mass is 357 g/mol. The van der Waals surface area contributed by atoms with Crippen molar-refractivity contribution in [2.75, 3.05) is 6.54 Å². The Morgan fingerprint density at radius 1 is 1.19 bits per heavy atom. The summed E-state index contributed by atoms with van der Waals surface area (Å²) in [6.07, 6.45) is 9.55. The molecule has 4 rings (SSSR count). The number of ether oxygens (including phenoxy) is 2. The lowest BCUT2D eigenvalue weighted by Crippen LogP contribution is -2.47. The molecule has 1 aliphatic carbocycles. The van der Waals surface area contributed by atoms with Gasteiger partial charge in [-0.1, -0.05) is 18.2 Å². The Hall–Kier alpha value is -1.75. The number of hydrogen-bond donors (Lipinski definition) is 2. The first kappa shape index (κ1) is 17.7. The average molecular weight is 357 g/mol. The second-order valence-electron chi connectivity index (χ2n) is 7.69. The Balaban J connectivity index is 1.41. The van der Waals surface area contributed by atoms with Crippen LogP contribution in [-0.4, -0.2) is 36.9 Å². The molecule has 2 aliphatic heterocycles. The SMILES string of the molecule is CCNC(=NCc1ccccc1OC1CCCC1)NC1CC2CCC1O2. The van der Waals surface area contributed by atoms with Gasteiger partial charge in [-0.05, 0) is 57.9 Å². The maximum Gasteiger partial charge on any atom is 0.191 e. The van der Waals surface area contributed by atoms with Crippen LogP contribution in [0.25, 0.3) is 0 Å². The van der Waals surface area contributed by atoms with Crippen molar-refractivity contribution in [1.29, 1.82) is 0 Å². The van der Waals surface area contributed by atoms with Crippen molar-refractivity contribution in [1.82, 2.24) is 10.6 Å². The molecule has 3 atom stereocenters. The van der Waals surface area contributed by atoms with Gasteiger partial charge < -0.3 is 20.1 Å². The number of nitrogens with one attached hydrogen (secondary N) is 2. The van der Waals surface area contributed by atoms with E-state index < -0.39 is 0 Å². The van der Waals surface area contributed by atoms with E-state index >= 15 is 0 Å². The highest BCUT2D eigenvalue weighted by Crippen LogP contribution is 2.34. The van der Waals surface area contributed by atoms with Gasteiger partial charge in [0, 0.05) is 12.1 Å². The molecule has 3 aliphatic rings. The van der Waals surface area contributed by atoms with Crippen molar-refractivity contribution in [2.45, 2.75) is 82.8 Å². The zero-order chi connectivity index (χ0) is 17.8. The van der Waals surface area contributed by atoms with Crippen molar-refractivity contribution < 1.29 is 9.47 Å². The summed E-state index contributed by atoms with van der Waals surface area (Å²) < 4.78 is 12.2. The van der Waals surface area contributed by atoms with Gasteiger partial charge in [0.1, 0.15) is 5.75 Å². The van der Waals surface area contributed by atoms with Gasteiger partial charge in [0.2, 0.25) is 0 Å². The molecular formula is C21H31N3O2. The van der Waals surface area contributed by atoms with Gasteiger partial charge in [0.25, 0.3) is 0 Å². The molecule has 0 spiro atoms. The van der Waals surface area contributed by atoms with Crippen LogP contribution in [0.2, 0.25) is 0 Å². The molecule has 1 aromatic carbocycles. The number of para-hydroxylation sites is 1. The molecule has 1 saturated carbocycles. The highest BCUT2D eigenvalue weighted by atomic mass is 16.5. The first-order valence-electron chi connectivity index (χ1n) is 10.3. The molecule has 142 valence electrons. The average Bonchev–Trinajstić information content (AvgIpc) is 3.39. The zero-order valence-electron chi connectivity index (χ0n) is 15.7. The molecule has 2 N–H and O–H groups in total. The van der Waals surface area contributed by atoms with Crippen LogP contribution in [0, 0.1) is 0 Å². The molecule has 0 aromatic heterocycles. The number of guanidine groups is 1. The van der Waals surface area contributed by atoms with Gasteiger partial charge in [-0.3, -0.25) is 0 Å². The number of rotatable bonds is 6. The summed E-state index contributed by atoms with van der Waals surface area (Å²) >= 11 is 0. The molecule has 5 nitrogen and oxygen atoms in total. The van der Waals surface area contributed by atoms with Crippen LogP contribution < -0.4 is 15.4 Å². The fraction of sp³-hybridized carbons (Fsp3) is 0.667. The Bertz CT molecular complexity index is 627. The highest BCUT2D eigenvalue weighted by molar-refractivity contribution is 5.80. The van der Waals surface area contributed by atoms with E-state index in [2.05, 4.69) is 35.8 Å². The van der Waals surface area contributed by atoms with E-state index in [1.807, 2.05) is 6.07 Å². The third-order valence-electron chi connectivity index (χ3n) is 5.75. The first-order chi connectivity index (χ1) is 12.8. The van der Waals surface area contributed by atoms with E-state index in [0.717, 1.165) is 30.2 Å². The lowest BCUT2D eigenvalue weighted by molar-refractivity contribution is 0.0992. The predicted octanol–water partition coefficient (Wildman–Crippen LogP) is 3.38. The third kappa shape index (κ3) is 4.14. The fourth-order valence-electron chi connectivity index (χ4n) is 4.38. The first-order valence-corrected chi connectivity index (χ1v) is 10.3. The van der Waals surface area contributed by atoms with Crippen molar-refractivity contribution >= 4 is 5.96 Å². The van der Waals surface area contributed by atoms with Crippen LogP contribution >= 0.6 is 0 Å². The van der Waals surface area contributed by atoms with Crippen LogP contribution in [-0.2, 0) is 11.3 Å². The van der Waals surface area contributed by atoms with Gasteiger partial charge in [-0.25, -0.2) is 4.99 Å². The Morgan fingerprint density at radius 3 is 2.77 bits per heavy atom. The van der Waals surface area contributed by atoms with Crippen LogP contribution in [0.15, 0.2) is 29.3 Å². The molecule has 0 radical (unpaired) electrons. The molecule has 5 heteroatoms. The minimum Gasteiger partial charge on any atom is -0.490 e. The number of hydrogen-bond acceptors (Lipinski definition) is 3. The minimum absolute atomic E-state index is 0.349. The normalized spacial score (nSPS) is 28.5. The third-order valence-corrected chi connectivity index (χ3v) is 5.75. The number of aliphatic imine (C=N–C) groups is 1. The summed E-state index contributed by atoms with van der Waals surface area (Å²) in [6.45, 7) is 3.58. The van der Waals surface area contributed by atoms with E-state index in [1.165, 1.54) is 38.5 Å². The second kappa shape index (κ2) is 8.30. The zero-order valence-corrected chi connectivity index (χ0v) is 15.7. The van der Waals surface area contributed by atoms with E-state index in [4.69, 9.17) is 14.5 Å². The predicted molar refractivity (Wildman–Crippen MR) is 104 cm³/mol. The standard InChI is InChI=1S/C21H31N3O2/c1-2-22-21(24-18-13-17-11-12-20(18)26-17)23-14-15-7-3-6-10-19(15)25-16-8-4-5-9-16/h3,6-7,10,16-18,20H,2,4-5,8-9,11-14H2,1H3,(H2,22,23,24). The second-order valence-corrected chi connectivity index (χ2v) is 7.69. The smallest absolute Gasteiger partial charge is 0.191 e. The number of nitrogens with zero attached hydrogens (tertiary/aromatic N) is 1. The molecule has 3 fully saturated rings. The van der Waals surface area contributed by atoms with Crippen LogP contribution in [0.5, 0.6) is 5.75 Å². The Labute approximate surface area is 156 Å². The van der Waals surface area contributed by atoms with E-state index in [-0.39, 0.29) is 0 Å². The van der Waals surface area contributed by atoms with E-state index in [9.17, 15) is 0 Å². The van der Waals surface area contributed by atoms with E-state index in [1.54, 1.807) is 0 Å². The summed E-state index contributed by atoms with van der Waals surface area (Å²) in [7, 11) is 0. The summed E-state index contributed by atoms with van der Waals surface area (Å²) in [5.74, 6) is 1.87. The molecule has 0 amide bonds. The maximum atomic E-state index is 6.24. The van der Waals surface area contributed by atoms with Crippen LogP contribution in [0.1, 0.15) is 57.4 Å². The fourth-order valence-corrected chi connectivity index (χ4v) is 4.38. The lowest BCUT2D eigenvalue weighted by Gasteiger charge is -2.23. The summed E-state index contributed by atoms with van der Waals surface area (Å²) in [4.78, 5) is 4.82. The van der Waals surface area contributed by atoms with Gasteiger partial charge in [0.15, 0.2) is 5.96 Å². The van der Waals surface area contributed by atoms with Crippen molar-refractivity contribution in [3.8, 4) is 5.75 Å². The van der Waals surface area contributed by atoms with Crippen molar-refractivity contribution in [2.24, 2.45) is 4.99 Å². The maximum absolute atomic E-state index is 6.24. The molecule has 2 heterocycles.